The van der Waals surface area contributed by atoms with Gasteiger partial charge in [0.05, 0.1) is 34.6 Å². The summed E-state index contributed by atoms with van der Waals surface area (Å²) in [4.78, 5) is 12.3. The first-order chi connectivity index (χ1) is 8.95. The molecule has 0 saturated carbocycles. The second-order valence-electron chi connectivity index (χ2n) is 4.53. The lowest BCUT2D eigenvalue weighted by Crippen LogP contribution is -2.11. The average Bonchev–Trinajstić information content (AvgIpc) is 2.84. The Morgan fingerprint density at radius 1 is 1.42 bits per heavy atom. The standard InChI is InChI=1S/C13H17ClN4O/c1-5-18-11(13(14)8(2)16-18)6-12(19)10-7-15-17(4)9(10)3/h7H,5-6H2,1-4H3. The van der Waals surface area contributed by atoms with Gasteiger partial charge in [0.25, 0.3) is 0 Å². The molecule has 0 N–H and O–H groups in total. The van der Waals surface area contributed by atoms with Gasteiger partial charge in [-0.1, -0.05) is 11.6 Å². The van der Waals surface area contributed by atoms with Crippen LogP contribution in [0, 0.1) is 13.8 Å². The number of nitrogens with zero attached hydrogens (tertiary/aromatic N) is 4. The van der Waals surface area contributed by atoms with Crippen molar-refractivity contribution in [3.63, 3.8) is 0 Å². The van der Waals surface area contributed by atoms with Crippen LogP contribution in [0.4, 0.5) is 0 Å². The molecule has 0 aliphatic heterocycles. The topological polar surface area (TPSA) is 52.7 Å². The Morgan fingerprint density at radius 3 is 2.63 bits per heavy atom. The zero-order chi connectivity index (χ0) is 14.2. The van der Waals surface area contributed by atoms with Crippen molar-refractivity contribution >= 4 is 17.4 Å². The minimum atomic E-state index is 0.0158. The summed E-state index contributed by atoms with van der Waals surface area (Å²) in [5.41, 5.74) is 3.03. The summed E-state index contributed by atoms with van der Waals surface area (Å²) in [5, 5.41) is 8.98. The predicted octanol–water partition coefficient (Wildman–Crippen LogP) is 2.33. The van der Waals surface area contributed by atoms with E-state index in [1.165, 1.54) is 0 Å². The summed E-state index contributed by atoms with van der Waals surface area (Å²) in [6, 6.07) is 0. The fourth-order valence-electron chi connectivity index (χ4n) is 2.06. The summed E-state index contributed by atoms with van der Waals surface area (Å²) >= 11 is 6.21. The second kappa shape index (κ2) is 5.17. The Bertz CT molecular complexity index is 627. The molecule has 0 bridgehead atoms. The van der Waals surface area contributed by atoms with Crippen LogP contribution >= 0.6 is 11.6 Å². The highest BCUT2D eigenvalue weighted by Gasteiger charge is 2.19. The predicted molar refractivity (Wildman–Crippen MR) is 73.6 cm³/mol. The maximum absolute atomic E-state index is 12.3. The first-order valence-corrected chi connectivity index (χ1v) is 6.57. The first kappa shape index (κ1) is 13.8. The zero-order valence-electron chi connectivity index (χ0n) is 11.6. The largest absolute Gasteiger partial charge is 0.294 e. The van der Waals surface area contributed by atoms with E-state index in [-0.39, 0.29) is 12.2 Å². The van der Waals surface area contributed by atoms with Crippen molar-refractivity contribution in [3.8, 4) is 0 Å². The number of hydrogen-bond acceptors (Lipinski definition) is 3. The van der Waals surface area contributed by atoms with Crippen molar-refractivity contribution in [1.82, 2.24) is 19.6 Å². The van der Waals surface area contributed by atoms with Gasteiger partial charge in [-0.3, -0.25) is 14.2 Å². The van der Waals surface area contributed by atoms with Crippen LogP contribution < -0.4 is 0 Å². The molecular formula is C13H17ClN4O. The second-order valence-corrected chi connectivity index (χ2v) is 4.91. The molecule has 0 atom stereocenters. The SMILES string of the molecule is CCn1nc(C)c(Cl)c1CC(=O)c1cnn(C)c1C. The van der Waals surface area contributed by atoms with E-state index in [0.29, 0.717) is 17.1 Å². The fourth-order valence-corrected chi connectivity index (χ4v) is 2.26. The maximum atomic E-state index is 12.3. The third-order valence-corrected chi connectivity index (χ3v) is 3.81. The van der Waals surface area contributed by atoms with Gasteiger partial charge in [-0.25, -0.2) is 0 Å². The van der Waals surface area contributed by atoms with E-state index in [1.54, 1.807) is 15.6 Å². The van der Waals surface area contributed by atoms with E-state index in [2.05, 4.69) is 10.2 Å². The Labute approximate surface area is 117 Å². The lowest BCUT2D eigenvalue weighted by atomic mass is 10.1. The Hall–Kier alpha value is -1.62. The van der Waals surface area contributed by atoms with Crippen LogP contribution in [0.3, 0.4) is 0 Å². The van der Waals surface area contributed by atoms with Gasteiger partial charge < -0.3 is 0 Å². The van der Waals surface area contributed by atoms with Gasteiger partial charge in [0.1, 0.15) is 0 Å². The van der Waals surface area contributed by atoms with E-state index in [9.17, 15) is 4.79 Å². The molecule has 2 rings (SSSR count). The third kappa shape index (κ3) is 2.42. The minimum absolute atomic E-state index is 0.0158. The molecule has 19 heavy (non-hydrogen) atoms. The van der Waals surface area contributed by atoms with E-state index in [1.807, 2.05) is 27.8 Å². The van der Waals surface area contributed by atoms with Crippen LogP contribution in [-0.2, 0) is 20.0 Å². The fraction of sp³-hybridized carbons (Fsp3) is 0.462. The molecule has 0 spiro atoms. The van der Waals surface area contributed by atoms with Gasteiger partial charge in [0.2, 0.25) is 0 Å². The van der Waals surface area contributed by atoms with E-state index in [0.717, 1.165) is 17.1 Å². The van der Waals surface area contributed by atoms with Crippen molar-refractivity contribution in [2.75, 3.05) is 0 Å². The lowest BCUT2D eigenvalue weighted by molar-refractivity contribution is 0.0990. The monoisotopic (exact) mass is 280 g/mol. The number of ketones is 1. The van der Waals surface area contributed by atoms with Crippen LogP contribution in [0.1, 0.15) is 34.4 Å². The smallest absolute Gasteiger partial charge is 0.172 e. The van der Waals surface area contributed by atoms with Gasteiger partial charge in [-0.05, 0) is 20.8 Å². The molecule has 0 unspecified atom stereocenters. The molecule has 2 heterocycles. The van der Waals surface area contributed by atoms with E-state index in [4.69, 9.17) is 11.6 Å². The molecule has 0 radical (unpaired) electrons. The molecule has 0 fully saturated rings. The van der Waals surface area contributed by atoms with Crippen molar-refractivity contribution in [1.29, 1.82) is 0 Å². The number of rotatable bonds is 4. The summed E-state index contributed by atoms with van der Waals surface area (Å²) in [6.07, 6.45) is 1.85. The third-order valence-electron chi connectivity index (χ3n) is 3.32. The molecule has 102 valence electrons. The van der Waals surface area contributed by atoms with Gasteiger partial charge in [0, 0.05) is 19.3 Å². The lowest BCUT2D eigenvalue weighted by Gasteiger charge is -2.04. The molecule has 0 amide bonds. The minimum Gasteiger partial charge on any atom is -0.294 e. The molecule has 6 heteroatoms. The van der Waals surface area contributed by atoms with Crippen LogP contribution in [0.25, 0.3) is 0 Å². The van der Waals surface area contributed by atoms with Gasteiger partial charge in [0.15, 0.2) is 5.78 Å². The van der Waals surface area contributed by atoms with Crippen molar-refractivity contribution in [3.05, 3.63) is 33.9 Å². The van der Waals surface area contributed by atoms with Gasteiger partial charge in [-0.2, -0.15) is 10.2 Å². The van der Waals surface area contributed by atoms with Crippen molar-refractivity contribution in [2.24, 2.45) is 7.05 Å². The number of carbonyl (C=O) groups is 1. The Balaban J connectivity index is 2.31. The van der Waals surface area contributed by atoms with Crippen molar-refractivity contribution < 1.29 is 4.79 Å². The average molecular weight is 281 g/mol. The summed E-state index contributed by atoms with van der Waals surface area (Å²) in [5.74, 6) is 0.0158. The summed E-state index contributed by atoms with van der Waals surface area (Å²) < 4.78 is 3.47. The van der Waals surface area contributed by atoms with Crippen LogP contribution in [0.2, 0.25) is 5.02 Å². The number of carbonyl (C=O) groups excluding carboxylic acids is 1. The molecule has 2 aromatic rings. The maximum Gasteiger partial charge on any atom is 0.172 e. The normalized spacial score (nSPS) is 11.0. The van der Waals surface area contributed by atoms with Crippen molar-refractivity contribution in [2.45, 2.75) is 33.7 Å². The Kier molecular flexibility index (Phi) is 3.75. The molecule has 0 aromatic carbocycles. The van der Waals surface area contributed by atoms with Gasteiger partial charge in [-0.15, -0.1) is 0 Å². The van der Waals surface area contributed by atoms with E-state index < -0.39 is 0 Å². The molecule has 0 aliphatic carbocycles. The van der Waals surface area contributed by atoms with Crippen LogP contribution in [0.5, 0.6) is 0 Å². The molecule has 2 aromatic heterocycles. The first-order valence-electron chi connectivity index (χ1n) is 6.19. The highest BCUT2D eigenvalue weighted by molar-refractivity contribution is 6.32. The molecular weight excluding hydrogens is 264 g/mol. The van der Waals surface area contributed by atoms with Crippen LogP contribution in [0.15, 0.2) is 6.20 Å². The molecule has 0 aliphatic rings. The zero-order valence-corrected chi connectivity index (χ0v) is 12.3. The summed E-state index contributed by atoms with van der Waals surface area (Å²) in [6.45, 7) is 6.40. The highest BCUT2D eigenvalue weighted by atomic mass is 35.5. The van der Waals surface area contributed by atoms with Crippen LogP contribution in [-0.4, -0.2) is 25.3 Å². The van der Waals surface area contributed by atoms with Gasteiger partial charge >= 0.3 is 0 Å². The number of Topliss-reactive ketones (excluding diaryl/α,β-unsaturated/α-hetero) is 1. The van der Waals surface area contributed by atoms with E-state index >= 15 is 0 Å². The number of aromatic nitrogens is 4. The quantitative estimate of drug-likeness (QED) is 0.808. The molecule has 0 saturated heterocycles. The number of aryl methyl sites for hydroxylation is 3. The Morgan fingerprint density at radius 2 is 2.11 bits per heavy atom. The number of halogens is 1. The number of hydrogen-bond donors (Lipinski definition) is 0. The summed E-state index contributed by atoms with van der Waals surface area (Å²) in [7, 11) is 1.82. The highest BCUT2D eigenvalue weighted by Crippen LogP contribution is 2.22. The molecule has 5 nitrogen and oxygen atoms in total.